The highest BCUT2D eigenvalue weighted by Gasteiger charge is 2.07. The topological polar surface area (TPSA) is 131 Å². The van der Waals surface area contributed by atoms with Gasteiger partial charge in [0.25, 0.3) is 0 Å². The van der Waals surface area contributed by atoms with E-state index in [1.54, 1.807) is 4.68 Å². The maximum absolute atomic E-state index is 8.58. The van der Waals surface area contributed by atoms with Crippen molar-refractivity contribution in [3.8, 4) is 0 Å². The summed E-state index contributed by atoms with van der Waals surface area (Å²) in [5.41, 5.74) is 1.80. The van der Waals surface area contributed by atoms with Crippen LogP contribution in [0.25, 0.3) is 0 Å². The minimum atomic E-state index is 0.0264. The van der Waals surface area contributed by atoms with Crippen molar-refractivity contribution in [2.45, 2.75) is 20.0 Å². The SMILES string of the molecule is CC(=Nc1ccccc1)N(C)Cc1cn(CCOCCOCCOCCOCCOCCOCCOCCO)nn1. The quantitative estimate of drug-likeness (QED) is 0.0987. The standard InChI is InChI=1S/C28H47N5O8/c1-26(29-27-6-4-3-5-7-27)32(2)24-28-25-33(31-30-28)8-10-35-12-14-37-16-18-39-20-22-41-23-21-40-19-17-38-15-13-36-11-9-34/h3-7,25,34H,8-24H2,1-2H3. The van der Waals surface area contributed by atoms with Gasteiger partial charge in [0.15, 0.2) is 0 Å². The van der Waals surface area contributed by atoms with Crippen molar-refractivity contribution in [3.05, 3.63) is 42.2 Å². The van der Waals surface area contributed by atoms with E-state index in [1.165, 1.54) is 0 Å². The number of benzene rings is 1. The molecule has 0 aliphatic carbocycles. The third-order valence-corrected chi connectivity index (χ3v) is 5.52. The Morgan fingerprint density at radius 1 is 0.732 bits per heavy atom. The molecule has 0 saturated heterocycles. The molecule has 0 unspecified atom stereocenters. The van der Waals surface area contributed by atoms with Crippen LogP contribution < -0.4 is 0 Å². The molecule has 1 heterocycles. The number of hydrogen-bond donors (Lipinski definition) is 1. The molecule has 2 aromatic rings. The van der Waals surface area contributed by atoms with Gasteiger partial charge < -0.3 is 43.2 Å². The maximum atomic E-state index is 8.58. The minimum Gasteiger partial charge on any atom is -0.394 e. The summed E-state index contributed by atoms with van der Waals surface area (Å²) in [5.74, 6) is 0.908. The Morgan fingerprint density at radius 2 is 1.20 bits per heavy atom. The Bertz CT molecular complexity index is 903. The number of para-hydroxylation sites is 1. The second kappa shape index (κ2) is 24.1. The van der Waals surface area contributed by atoms with Crippen LogP contribution in [0.4, 0.5) is 5.69 Å². The molecule has 0 radical (unpaired) electrons. The van der Waals surface area contributed by atoms with Gasteiger partial charge in [-0.1, -0.05) is 23.4 Å². The second-order valence-corrected chi connectivity index (χ2v) is 8.83. The summed E-state index contributed by atoms with van der Waals surface area (Å²) >= 11 is 0. The third-order valence-electron chi connectivity index (χ3n) is 5.52. The summed E-state index contributed by atoms with van der Waals surface area (Å²) in [6.07, 6.45) is 1.93. The second-order valence-electron chi connectivity index (χ2n) is 8.83. The van der Waals surface area contributed by atoms with E-state index in [0.717, 1.165) is 17.2 Å². The molecule has 13 nitrogen and oxygen atoms in total. The van der Waals surface area contributed by atoms with Gasteiger partial charge in [0.05, 0.1) is 124 Å². The number of hydrogen-bond acceptors (Lipinski definition) is 11. The molecule has 41 heavy (non-hydrogen) atoms. The predicted octanol–water partition coefficient (Wildman–Crippen LogP) is 1.57. The molecular weight excluding hydrogens is 534 g/mol. The molecule has 0 atom stereocenters. The van der Waals surface area contributed by atoms with Crippen molar-refractivity contribution in [3.63, 3.8) is 0 Å². The zero-order chi connectivity index (χ0) is 29.2. The van der Waals surface area contributed by atoms with E-state index < -0.39 is 0 Å². The van der Waals surface area contributed by atoms with Crippen LogP contribution in [0.1, 0.15) is 12.6 Å². The fourth-order valence-corrected chi connectivity index (χ4v) is 3.30. The van der Waals surface area contributed by atoms with Gasteiger partial charge in [-0.3, -0.25) is 0 Å². The van der Waals surface area contributed by atoms with Gasteiger partial charge in [0.2, 0.25) is 0 Å². The van der Waals surface area contributed by atoms with Crippen LogP contribution in [0.3, 0.4) is 0 Å². The van der Waals surface area contributed by atoms with Crippen molar-refractivity contribution in [1.82, 2.24) is 19.9 Å². The summed E-state index contributed by atoms with van der Waals surface area (Å²) < 4.78 is 39.7. The average molecular weight is 582 g/mol. The van der Waals surface area contributed by atoms with Gasteiger partial charge in [-0.25, -0.2) is 9.67 Å². The average Bonchev–Trinajstić information content (AvgIpc) is 3.43. The van der Waals surface area contributed by atoms with Crippen LogP contribution in [-0.4, -0.2) is 137 Å². The number of amidine groups is 1. The number of aliphatic hydroxyl groups excluding tert-OH is 1. The van der Waals surface area contributed by atoms with E-state index in [-0.39, 0.29) is 6.61 Å². The Morgan fingerprint density at radius 3 is 1.68 bits per heavy atom. The van der Waals surface area contributed by atoms with Crippen LogP contribution in [0.15, 0.2) is 41.5 Å². The summed E-state index contributed by atoms with van der Waals surface area (Å²) in [7, 11) is 1.99. The number of aliphatic hydroxyl groups is 1. The smallest absolute Gasteiger partial charge is 0.102 e. The lowest BCUT2D eigenvalue weighted by Crippen LogP contribution is -2.23. The highest BCUT2D eigenvalue weighted by molar-refractivity contribution is 5.82. The molecule has 0 fully saturated rings. The van der Waals surface area contributed by atoms with Gasteiger partial charge >= 0.3 is 0 Å². The van der Waals surface area contributed by atoms with Crippen LogP contribution >= 0.6 is 0 Å². The highest BCUT2D eigenvalue weighted by Crippen LogP contribution is 2.11. The van der Waals surface area contributed by atoms with Crippen molar-refractivity contribution in [2.75, 3.05) is 106 Å². The Kier molecular flexibility index (Phi) is 20.4. The van der Waals surface area contributed by atoms with E-state index in [1.807, 2.05) is 55.4 Å². The first-order valence-corrected chi connectivity index (χ1v) is 14.0. The fourth-order valence-electron chi connectivity index (χ4n) is 3.30. The molecule has 0 spiro atoms. The first kappa shape index (κ1) is 34.7. The van der Waals surface area contributed by atoms with Crippen LogP contribution in [0.2, 0.25) is 0 Å². The lowest BCUT2D eigenvalue weighted by Gasteiger charge is -2.16. The minimum absolute atomic E-state index is 0.0264. The number of aliphatic imine (C=N–C) groups is 1. The highest BCUT2D eigenvalue weighted by atomic mass is 16.6. The van der Waals surface area contributed by atoms with Crippen LogP contribution in [0.5, 0.6) is 0 Å². The Labute approximate surface area is 243 Å². The molecule has 13 heteroatoms. The zero-order valence-electron chi connectivity index (χ0n) is 24.5. The molecule has 1 aromatic carbocycles. The van der Waals surface area contributed by atoms with Crippen molar-refractivity contribution in [1.29, 1.82) is 0 Å². The van der Waals surface area contributed by atoms with E-state index in [9.17, 15) is 0 Å². The third kappa shape index (κ3) is 18.5. The molecule has 0 bridgehead atoms. The summed E-state index contributed by atoms with van der Waals surface area (Å²) in [6.45, 7) is 10.1. The van der Waals surface area contributed by atoms with Crippen LogP contribution in [0, 0.1) is 0 Å². The van der Waals surface area contributed by atoms with Gasteiger partial charge in [0.1, 0.15) is 11.5 Å². The molecule has 232 valence electrons. The fraction of sp³-hybridized carbons (Fsp3) is 0.679. The number of ether oxygens (including phenoxy) is 7. The molecule has 0 aliphatic rings. The molecule has 2 rings (SSSR count). The van der Waals surface area contributed by atoms with E-state index in [4.69, 9.17) is 38.3 Å². The van der Waals surface area contributed by atoms with E-state index in [2.05, 4.69) is 15.3 Å². The van der Waals surface area contributed by atoms with Crippen molar-refractivity contribution < 1.29 is 38.3 Å². The first-order chi connectivity index (χ1) is 20.2. The summed E-state index contributed by atoms with van der Waals surface area (Å²) in [5, 5.41) is 17.0. The number of aromatic nitrogens is 3. The van der Waals surface area contributed by atoms with Gasteiger partial charge in [-0.2, -0.15) is 0 Å². The first-order valence-electron chi connectivity index (χ1n) is 14.0. The van der Waals surface area contributed by atoms with Crippen LogP contribution in [-0.2, 0) is 46.2 Å². The number of rotatable bonds is 26. The normalized spacial score (nSPS) is 11.8. The lowest BCUT2D eigenvalue weighted by molar-refractivity contribution is -0.0217. The zero-order valence-corrected chi connectivity index (χ0v) is 24.5. The summed E-state index contributed by atoms with van der Waals surface area (Å²) in [6, 6.07) is 9.88. The lowest BCUT2D eigenvalue weighted by atomic mass is 10.3. The van der Waals surface area contributed by atoms with Gasteiger partial charge in [-0.05, 0) is 19.1 Å². The molecule has 1 aromatic heterocycles. The largest absolute Gasteiger partial charge is 0.394 e. The molecule has 0 saturated carbocycles. The monoisotopic (exact) mass is 581 g/mol. The van der Waals surface area contributed by atoms with E-state index in [0.29, 0.717) is 106 Å². The maximum Gasteiger partial charge on any atom is 0.102 e. The molecule has 0 aliphatic heterocycles. The number of nitrogens with zero attached hydrogens (tertiary/aromatic N) is 5. The molecular formula is C28H47N5O8. The molecule has 1 N–H and O–H groups in total. The van der Waals surface area contributed by atoms with Crippen molar-refractivity contribution >= 4 is 11.5 Å². The van der Waals surface area contributed by atoms with Crippen molar-refractivity contribution in [2.24, 2.45) is 4.99 Å². The van der Waals surface area contributed by atoms with Gasteiger partial charge in [-0.15, -0.1) is 5.10 Å². The molecule has 0 amide bonds. The Balaban J connectivity index is 1.33. The Hall–Kier alpha value is -2.49. The predicted molar refractivity (Wildman–Crippen MR) is 154 cm³/mol. The summed E-state index contributed by atoms with van der Waals surface area (Å²) in [4.78, 5) is 6.67. The van der Waals surface area contributed by atoms with E-state index >= 15 is 0 Å². The van der Waals surface area contributed by atoms with Gasteiger partial charge in [0, 0.05) is 7.05 Å².